The monoisotopic (exact) mass is 358 g/mol. The Labute approximate surface area is 147 Å². The van der Waals surface area contributed by atoms with E-state index in [0.717, 1.165) is 0 Å². The minimum atomic E-state index is -0.694. The standard InChI is InChI=1S/C18H12ClFN2O3/c1-10(23)21-12-7-5-11(6-8-12)17-22-16(18(24)25-17)9-13-14(19)3-2-4-15(13)20/h2-9H,1H3,(H,21,23)/b16-9-. The number of hydrogen-bond donors (Lipinski definition) is 1. The van der Waals surface area contributed by atoms with Gasteiger partial charge in [-0.15, -0.1) is 0 Å². The second-order valence-electron chi connectivity index (χ2n) is 5.23. The number of ether oxygens (including phenoxy) is 1. The van der Waals surface area contributed by atoms with E-state index in [4.69, 9.17) is 16.3 Å². The third-order valence-corrected chi connectivity index (χ3v) is 3.68. The first-order chi connectivity index (χ1) is 11.9. The SMILES string of the molecule is CC(=O)Nc1ccc(C2=N/C(=C\c3c(F)cccc3Cl)C(=O)O2)cc1. The lowest BCUT2D eigenvalue weighted by molar-refractivity contribution is -0.129. The number of hydrogen-bond acceptors (Lipinski definition) is 4. The van der Waals surface area contributed by atoms with Gasteiger partial charge in [0.05, 0.1) is 5.02 Å². The van der Waals surface area contributed by atoms with E-state index >= 15 is 0 Å². The highest BCUT2D eigenvalue weighted by molar-refractivity contribution is 6.32. The lowest BCUT2D eigenvalue weighted by Crippen LogP contribution is -2.07. The third-order valence-electron chi connectivity index (χ3n) is 3.35. The molecule has 5 nitrogen and oxygen atoms in total. The molecular formula is C18H12ClFN2O3. The molecule has 2 aromatic rings. The summed E-state index contributed by atoms with van der Waals surface area (Å²) in [4.78, 5) is 27.1. The van der Waals surface area contributed by atoms with E-state index in [1.165, 1.54) is 31.2 Å². The van der Waals surface area contributed by atoms with E-state index in [1.54, 1.807) is 24.3 Å². The van der Waals surface area contributed by atoms with Gasteiger partial charge in [0.1, 0.15) is 5.82 Å². The number of nitrogens with one attached hydrogen (secondary N) is 1. The number of nitrogens with zero attached hydrogens (tertiary/aromatic N) is 1. The molecule has 1 amide bonds. The molecule has 0 bridgehead atoms. The molecule has 1 aliphatic rings. The summed E-state index contributed by atoms with van der Waals surface area (Å²) < 4.78 is 19.0. The molecule has 0 unspecified atom stereocenters. The van der Waals surface area contributed by atoms with Gasteiger partial charge in [0, 0.05) is 23.7 Å². The number of benzene rings is 2. The zero-order valence-corrected chi connectivity index (χ0v) is 13.8. The van der Waals surface area contributed by atoms with Crippen LogP contribution in [0.5, 0.6) is 0 Å². The van der Waals surface area contributed by atoms with Crippen molar-refractivity contribution in [2.45, 2.75) is 6.92 Å². The molecule has 1 heterocycles. The Morgan fingerprint density at radius 2 is 1.96 bits per heavy atom. The van der Waals surface area contributed by atoms with Crippen molar-refractivity contribution in [2.75, 3.05) is 5.32 Å². The Morgan fingerprint density at radius 3 is 2.60 bits per heavy atom. The van der Waals surface area contributed by atoms with Crippen LogP contribution in [-0.4, -0.2) is 17.8 Å². The highest BCUT2D eigenvalue weighted by Gasteiger charge is 2.25. The quantitative estimate of drug-likeness (QED) is 0.670. The Balaban J connectivity index is 1.90. The van der Waals surface area contributed by atoms with Crippen molar-refractivity contribution >= 4 is 41.1 Å². The summed E-state index contributed by atoms with van der Waals surface area (Å²) in [6.45, 7) is 1.40. The maximum Gasteiger partial charge on any atom is 0.363 e. The maximum atomic E-state index is 13.8. The van der Waals surface area contributed by atoms with Gasteiger partial charge in [-0.25, -0.2) is 14.2 Å². The zero-order valence-electron chi connectivity index (χ0n) is 13.0. The largest absolute Gasteiger partial charge is 0.402 e. The number of carbonyl (C=O) groups is 2. The fourth-order valence-corrected chi connectivity index (χ4v) is 2.43. The predicted molar refractivity (Wildman–Crippen MR) is 92.8 cm³/mol. The smallest absolute Gasteiger partial charge is 0.363 e. The molecule has 3 rings (SSSR count). The average Bonchev–Trinajstić information content (AvgIpc) is 2.92. The van der Waals surface area contributed by atoms with Gasteiger partial charge in [0.2, 0.25) is 11.8 Å². The van der Waals surface area contributed by atoms with E-state index in [0.29, 0.717) is 11.3 Å². The minimum Gasteiger partial charge on any atom is -0.402 e. The summed E-state index contributed by atoms with van der Waals surface area (Å²) in [6.07, 6.45) is 1.25. The fraction of sp³-hybridized carbons (Fsp3) is 0.0556. The number of esters is 1. The van der Waals surface area contributed by atoms with Crippen LogP contribution in [0.1, 0.15) is 18.1 Å². The molecule has 0 spiro atoms. The summed E-state index contributed by atoms with van der Waals surface area (Å²) in [7, 11) is 0. The molecular weight excluding hydrogens is 347 g/mol. The van der Waals surface area contributed by atoms with Crippen molar-refractivity contribution in [3.63, 3.8) is 0 Å². The Morgan fingerprint density at radius 1 is 1.24 bits per heavy atom. The van der Waals surface area contributed by atoms with Gasteiger partial charge >= 0.3 is 5.97 Å². The van der Waals surface area contributed by atoms with Crippen LogP contribution >= 0.6 is 11.6 Å². The van der Waals surface area contributed by atoms with Crippen molar-refractivity contribution < 1.29 is 18.7 Å². The van der Waals surface area contributed by atoms with Crippen LogP contribution in [-0.2, 0) is 14.3 Å². The molecule has 1 N–H and O–H groups in total. The summed E-state index contributed by atoms with van der Waals surface area (Å²) in [5, 5.41) is 2.80. The second kappa shape index (κ2) is 6.86. The van der Waals surface area contributed by atoms with Crippen molar-refractivity contribution in [3.8, 4) is 0 Å². The highest BCUT2D eigenvalue weighted by Crippen LogP contribution is 2.25. The third kappa shape index (κ3) is 3.75. The number of carbonyl (C=O) groups excluding carboxylic acids is 2. The van der Waals surface area contributed by atoms with Gasteiger partial charge < -0.3 is 10.1 Å². The van der Waals surface area contributed by atoms with Gasteiger partial charge in [-0.05, 0) is 42.5 Å². The highest BCUT2D eigenvalue weighted by atomic mass is 35.5. The average molecular weight is 359 g/mol. The molecule has 0 saturated heterocycles. The maximum absolute atomic E-state index is 13.8. The van der Waals surface area contributed by atoms with Crippen LogP contribution in [0, 0.1) is 5.82 Å². The molecule has 126 valence electrons. The Hall–Kier alpha value is -2.99. The number of cyclic esters (lactones) is 1. The van der Waals surface area contributed by atoms with Gasteiger partial charge in [-0.1, -0.05) is 17.7 Å². The first-order valence-electron chi connectivity index (χ1n) is 7.28. The van der Waals surface area contributed by atoms with Gasteiger partial charge in [-0.2, -0.15) is 0 Å². The van der Waals surface area contributed by atoms with Crippen molar-refractivity contribution in [3.05, 3.63) is 70.1 Å². The van der Waals surface area contributed by atoms with E-state index in [9.17, 15) is 14.0 Å². The molecule has 0 aromatic heterocycles. The first kappa shape index (κ1) is 16.9. The van der Waals surface area contributed by atoms with E-state index in [1.807, 2.05) is 0 Å². The van der Waals surface area contributed by atoms with Crippen LogP contribution in [0.4, 0.5) is 10.1 Å². The van der Waals surface area contributed by atoms with Crippen LogP contribution in [0.3, 0.4) is 0 Å². The molecule has 2 aromatic carbocycles. The molecule has 0 radical (unpaired) electrons. The van der Waals surface area contributed by atoms with E-state index in [-0.39, 0.29) is 28.1 Å². The second-order valence-corrected chi connectivity index (χ2v) is 5.64. The van der Waals surface area contributed by atoms with Gasteiger partial charge in [0.15, 0.2) is 5.70 Å². The number of amides is 1. The molecule has 7 heteroatoms. The van der Waals surface area contributed by atoms with Crippen molar-refractivity contribution in [1.82, 2.24) is 0 Å². The van der Waals surface area contributed by atoms with Crippen LogP contribution in [0.2, 0.25) is 5.02 Å². The summed E-state index contributed by atoms with van der Waals surface area (Å²) in [5.74, 6) is -1.35. The van der Waals surface area contributed by atoms with Gasteiger partial charge in [0.25, 0.3) is 0 Å². The molecule has 0 atom stereocenters. The molecule has 0 aliphatic carbocycles. The fourth-order valence-electron chi connectivity index (χ4n) is 2.22. The van der Waals surface area contributed by atoms with Crippen LogP contribution in [0.15, 0.2) is 53.2 Å². The molecule has 1 aliphatic heterocycles. The van der Waals surface area contributed by atoms with Crippen LogP contribution in [0.25, 0.3) is 6.08 Å². The van der Waals surface area contributed by atoms with Gasteiger partial charge in [-0.3, -0.25) is 4.79 Å². The lowest BCUT2D eigenvalue weighted by Gasteiger charge is -2.03. The lowest BCUT2D eigenvalue weighted by atomic mass is 10.2. The zero-order chi connectivity index (χ0) is 18.0. The Kier molecular flexibility index (Phi) is 4.63. The predicted octanol–water partition coefficient (Wildman–Crippen LogP) is 3.78. The van der Waals surface area contributed by atoms with E-state index < -0.39 is 11.8 Å². The first-order valence-corrected chi connectivity index (χ1v) is 7.66. The Bertz CT molecular complexity index is 900. The van der Waals surface area contributed by atoms with Crippen molar-refractivity contribution in [2.24, 2.45) is 4.99 Å². The number of anilines is 1. The minimum absolute atomic E-state index is 0.0482. The topological polar surface area (TPSA) is 67.8 Å². The summed E-state index contributed by atoms with van der Waals surface area (Å²) in [5.41, 5.74) is 1.18. The summed E-state index contributed by atoms with van der Waals surface area (Å²) in [6, 6.07) is 10.8. The summed E-state index contributed by atoms with van der Waals surface area (Å²) >= 11 is 5.95. The van der Waals surface area contributed by atoms with Crippen LogP contribution < -0.4 is 5.32 Å². The van der Waals surface area contributed by atoms with E-state index in [2.05, 4.69) is 10.3 Å². The molecule has 0 saturated carbocycles. The number of halogens is 2. The normalized spacial score (nSPS) is 15.1. The molecule has 25 heavy (non-hydrogen) atoms. The molecule has 0 fully saturated rings. The number of rotatable bonds is 3. The van der Waals surface area contributed by atoms with Crippen molar-refractivity contribution in [1.29, 1.82) is 0 Å². The number of aliphatic imine (C=N–C) groups is 1.